The number of nitrogens with one attached hydrogen (secondary N) is 1. The molecule has 1 aliphatic rings. The first kappa shape index (κ1) is 18.6. The van der Waals surface area contributed by atoms with Crippen LogP contribution in [0.2, 0.25) is 5.02 Å². The standard InChI is InChI=1S/C17H27ClN4O2/c1-10-9-22(16(23)24-17(3,4)5)11(2)6-14(10)21-15-13(19)7-12(18)8-20-15/h7-8,10-11,14H,6,9,19H2,1-5H3,(H,20,21)/t10-,11+,14?/m0/s1. The van der Waals surface area contributed by atoms with Crippen molar-refractivity contribution in [1.29, 1.82) is 0 Å². The molecule has 1 aromatic rings. The fourth-order valence-electron chi connectivity index (χ4n) is 2.87. The Morgan fingerprint density at radius 2 is 2.12 bits per heavy atom. The molecular weight excluding hydrogens is 328 g/mol. The van der Waals surface area contributed by atoms with Crippen LogP contribution in [0.15, 0.2) is 12.3 Å². The summed E-state index contributed by atoms with van der Waals surface area (Å²) in [5, 5.41) is 3.90. The van der Waals surface area contributed by atoms with Crippen LogP contribution in [-0.2, 0) is 4.74 Å². The number of anilines is 2. The third-order valence-electron chi connectivity index (χ3n) is 4.13. The summed E-state index contributed by atoms with van der Waals surface area (Å²) in [6, 6.07) is 1.93. The van der Waals surface area contributed by atoms with Crippen LogP contribution in [-0.4, -0.2) is 40.2 Å². The lowest BCUT2D eigenvalue weighted by atomic mass is 9.89. The van der Waals surface area contributed by atoms with E-state index >= 15 is 0 Å². The fraction of sp³-hybridized carbons (Fsp3) is 0.647. The van der Waals surface area contributed by atoms with E-state index in [-0.39, 0.29) is 24.1 Å². The van der Waals surface area contributed by atoms with E-state index < -0.39 is 5.60 Å². The lowest BCUT2D eigenvalue weighted by Crippen LogP contribution is -2.53. The molecular formula is C17H27ClN4O2. The number of piperidine rings is 1. The number of aromatic nitrogens is 1. The third-order valence-corrected chi connectivity index (χ3v) is 4.34. The van der Waals surface area contributed by atoms with Gasteiger partial charge in [0.25, 0.3) is 0 Å². The number of pyridine rings is 1. The zero-order valence-corrected chi connectivity index (χ0v) is 15.7. The SMILES string of the molecule is C[C@@H]1CC(Nc2ncc(Cl)cc2N)[C@@H](C)CN1C(=O)OC(C)(C)C. The minimum absolute atomic E-state index is 0.0714. The number of nitrogens with two attached hydrogens (primary N) is 1. The zero-order chi connectivity index (χ0) is 18.1. The Bertz CT molecular complexity index is 603. The first-order valence-corrected chi connectivity index (χ1v) is 8.62. The van der Waals surface area contributed by atoms with Crippen LogP contribution in [0, 0.1) is 5.92 Å². The number of amides is 1. The molecule has 1 unspecified atom stereocenters. The zero-order valence-electron chi connectivity index (χ0n) is 15.0. The van der Waals surface area contributed by atoms with Gasteiger partial charge in [-0.1, -0.05) is 18.5 Å². The summed E-state index contributed by atoms with van der Waals surface area (Å²) in [7, 11) is 0. The number of carbonyl (C=O) groups excluding carboxylic acids is 1. The van der Waals surface area contributed by atoms with Crippen LogP contribution in [0.3, 0.4) is 0 Å². The fourth-order valence-corrected chi connectivity index (χ4v) is 3.04. The van der Waals surface area contributed by atoms with E-state index in [9.17, 15) is 4.79 Å². The maximum absolute atomic E-state index is 12.4. The van der Waals surface area contributed by atoms with Gasteiger partial charge in [0, 0.05) is 24.8 Å². The maximum atomic E-state index is 12.4. The summed E-state index contributed by atoms with van der Waals surface area (Å²) < 4.78 is 5.50. The Balaban J connectivity index is 2.03. The predicted octanol–water partition coefficient (Wildman–Crippen LogP) is 3.76. The normalized spacial score (nSPS) is 24.6. The molecule has 1 saturated heterocycles. The summed E-state index contributed by atoms with van der Waals surface area (Å²) in [5.41, 5.74) is 6.01. The molecule has 2 heterocycles. The van der Waals surface area contributed by atoms with Gasteiger partial charge in [-0.25, -0.2) is 9.78 Å². The summed E-state index contributed by atoms with van der Waals surface area (Å²) in [4.78, 5) is 18.4. The van der Waals surface area contributed by atoms with Gasteiger partial charge in [-0.2, -0.15) is 0 Å². The monoisotopic (exact) mass is 354 g/mol. The topological polar surface area (TPSA) is 80.5 Å². The number of rotatable bonds is 2. The molecule has 0 aromatic carbocycles. The van der Waals surface area contributed by atoms with Crippen molar-refractivity contribution < 1.29 is 9.53 Å². The van der Waals surface area contributed by atoms with Gasteiger partial charge in [-0.3, -0.25) is 0 Å². The highest BCUT2D eigenvalue weighted by Gasteiger charge is 2.36. The molecule has 0 aliphatic carbocycles. The minimum atomic E-state index is -0.489. The van der Waals surface area contributed by atoms with E-state index in [1.165, 1.54) is 0 Å². The summed E-state index contributed by atoms with van der Waals surface area (Å²) in [5.74, 6) is 0.875. The van der Waals surface area contributed by atoms with Gasteiger partial charge in [0.15, 0.2) is 0 Å². The van der Waals surface area contributed by atoms with Crippen molar-refractivity contribution in [3.63, 3.8) is 0 Å². The highest BCUT2D eigenvalue weighted by Crippen LogP contribution is 2.28. The molecule has 7 heteroatoms. The largest absolute Gasteiger partial charge is 0.444 e. The average molecular weight is 355 g/mol. The first-order valence-electron chi connectivity index (χ1n) is 8.24. The molecule has 0 radical (unpaired) electrons. The van der Waals surface area contributed by atoms with E-state index in [2.05, 4.69) is 17.2 Å². The molecule has 1 amide bonds. The lowest BCUT2D eigenvalue weighted by molar-refractivity contribution is 0.00509. The highest BCUT2D eigenvalue weighted by molar-refractivity contribution is 6.30. The lowest BCUT2D eigenvalue weighted by Gasteiger charge is -2.42. The van der Waals surface area contributed by atoms with Crippen molar-refractivity contribution in [2.24, 2.45) is 5.92 Å². The van der Waals surface area contributed by atoms with Crippen molar-refractivity contribution in [3.05, 3.63) is 17.3 Å². The van der Waals surface area contributed by atoms with Crippen molar-refractivity contribution in [3.8, 4) is 0 Å². The third kappa shape index (κ3) is 4.66. The van der Waals surface area contributed by atoms with Gasteiger partial charge in [0.1, 0.15) is 11.4 Å². The smallest absolute Gasteiger partial charge is 0.410 e. The highest BCUT2D eigenvalue weighted by atomic mass is 35.5. The molecule has 24 heavy (non-hydrogen) atoms. The Hall–Kier alpha value is -1.69. The van der Waals surface area contributed by atoms with Crippen LogP contribution in [0.25, 0.3) is 0 Å². The Morgan fingerprint density at radius 1 is 1.46 bits per heavy atom. The minimum Gasteiger partial charge on any atom is -0.444 e. The molecule has 134 valence electrons. The summed E-state index contributed by atoms with van der Waals surface area (Å²) >= 11 is 5.89. The van der Waals surface area contributed by atoms with Crippen LogP contribution in [0.5, 0.6) is 0 Å². The molecule has 0 saturated carbocycles. The van der Waals surface area contributed by atoms with E-state index in [0.717, 1.165) is 6.42 Å². The van der Waals surface area contributed by atoms with Crippen molar-refractivity contribution in [2.75, 3.05) is 17.6 Å². The first-order chi connectivity index (χ1) is 11.1. The average Bonchev–Trinajstić information content (AvgIpc) is 2.43. The number of likely N-dealkylation sites (tertiary alicyclic amines) is 1. The van der Waals surface area contributed by atoms with Gasteiger partial charge in [0.05, 0.1) is 10.7 Å². The van der Waals surface area contributed by atoms with E-state index in [1.807, 2.05) is 27.7 Å². The van der Waals surface area contributed by atoms with Crippen LogP contribution >= 0.6 is 11.6 Å². The van der Waals surface area contributed by atoms with Gasteiger partial charge < -0.3 is 20.7 Å². The number of hydrogen-bond donors (Lipinski definition) is 2. The molecule has 1 aliphatic heterocycles. The maximum Gasteiger partial charge on any atom is 0.410 e. The van der Waals surface area contributed by atoms with Crippen LogP contribution in [0.4, 0.5) is 16.3 Å². The van der Waals surface area contributed by atoms with Crippen molar-refractivity contribution >= 4 is 29.2 Å². The summed E-state index contributed by atoms with van der Waals surface area (Å²) in [6.07, 6.45) is 2.11. The number of ether oxygens (including phenoxy) is 1. The van der Waals surface area contributed by atoms with Crippen molar-refractivity contribution in [2.45, 2.75) is 58.7 Å². The molecule has 2 rings (SSSR count). The van der Waals surface area contributed by atoms with Crippen molar-refractivity contribution in [1.82, 2.24) is 9.88 Å². The number of nitrogens with zero attached hydrogens (tertiary/aromatic N) is 2. The van der Waals surface area contributed by atoms with Crippen LogP contribution < -0.4 is 11.1 Å². The number of hydrogen-bond acceptors (Lipinski definition) is 5. The van der Waals surface area contributed by atoms with Gasteiger partial charge in [-0.15, -0.1) is 0 Å². The van der Waals surface area contributed by atoms with E-state index in [4.69, 9.17) is 22.1 Å². The van der Waals surface area contributed by atoms with Gasteiger partial charge in [-0.05, 0) is 46.1 Å². The summed E-state index contributed by atoms with van der Waals surface area (Å²) in [6.45, 7) is 10.4. The second kappa shape index (κ2) is 7.05. The molecule has 0 bridgehead atoms. The molecule has 1 fully saturated rings. The Labute approximate surface area is 148 Å². The Kier molecular flexibility index (Phi) is 5.48. The molecule has 6 nitrogen and oxygen atoms in total. The molecule has 3 N–H and O–H groups in total. The van der Waals surface area contributed by atoms with Gasteiger partial charge >= 0.3 is 6.09 Å². The van der Waals surface area contributed by atoms with E-state index in [1.54, 1.807) is 17.2 Å². The molecule has 3 atom stereocenters. The number of carbonyl (C=O) groups is 1. The number of halogens is 1. The van der Waals surface area contributed by atoms with Gasteiger partial charge in [0.2, 0.25) is 0 Å². The number of nitrogen functional groups attached to an aromatic ring is 1. The predicted molar refractivity (Wildman–Crippen MR) is 97.3 cm³/mol. The molecule has 0 spiro atoms. The Morgan fingerprint density at radius 3 is 2.71 bits per heavy atom. The van der Waals surface area contributed by atoms with E-state index in [0.29, 0.717) is 23.1 Å². The molecule has 1 aromatic heterocycles. The second-order valence-electron chi connectivity index (χ2n) is 7.54. The second-order valence-corrected chi connectivity index (χ2v) is 7.97. The van der Waals surface area contributed by atoms with Crippen LogP contribution in [0.1, 0.15) is 41.0 Å². The quantitative estimate of drug-likeness (QED) is 0.845.